The number of aryl methyl sites for hydroxylation is 2. The van der Waals surface area contributed by atoms with Crippen LogP contribution < -0.4 is 10.3 Å². The van der Waals surface area contributed by atoms with Crippen molar-refractivity contribution in [1.82, 2.24) is 9.97 Å². The first kappa shape index (κ1) is 11.4. The van der Waals surface area contributed by atoms with Crippen LogP contribution in [0.1, 0.15) is 11.1 Å². The van der Waals surface area contributed by atoms with E-state index in [4.69, 9.17) is 4.74 Å². The third kappa shape index (κ3) is 2.20. The molecular formula is C13H14N2O2. The van der Waals surface area contributed by atoms with Gasteiger partial charge in [0.2, 0.25) is 0 Å². The van der Waals surface area contributed by atoms with Crippen molar-refractivity contribution in [2.24, 2.45) is 0 Å². The van der Waals surface area contributed by atoms with Crippen molar-refractivity contribution in [2.75, 3.05) is 7.11 Å². The van der Waals surface area contributed by atoms with Crippen molar-refractivity contribution in [2.45, 2.75) is 13.8 Å². The van der Waals surface area contributed by atoms with E-state index in [0.29, 0.717) is 5.69 Å². The predicted octanol–water partition coefficient (Wildman–Crippen LogP) is 2.06. The Morgan fingerprint density at radius 1 is 1.24 bits per heavy atom. The molecule has 88 valence electrons. The SMILES string of the molecule is COc1cc(C)cc(C)c1-c1cncc(=O)[nH]1. The number of ether oxygens (including phenoxy) is 1. The predicted molar refractivity (Wildman–Crippen MR) is 66.3 cm³/mol. The molecule has 0 spiro atoms. The largest absolute Gasteiger partial charge is 0.496 e. The van der Waals surface area contributed by atoms with E-state index in [-0.39, 0.29) is 5.56 Å². The molecule has 0 unspecified atom stereocenters. The molecule has 0 fully saturated rings. The summed E-state index contributed by atoms with van der Waals surface area (Å²) in [6.07, 6.45) is 2.88. The quantitative estimate of drug-likeness (QED) is 0.859. The number of nitrogens with one attached hydrogen (secondary N) is 1. The van der Waals surface area contributed by atoms with Crippen LogP contribution in [0, 0.1) is 13.8 Å². The van der Waals surface area contributed by atoms with Gasteiger partial charge in [-0.3, -0.25) is 9.78 Å². The summed E-state index contributed by atoms with van der Waals surface area (Å²) in [4.78, 5) is 17.9. The molecule has 1 aromatic heterocycles. The average Bonchev–Trinajstić information content (AvgIpc) is 2.27. The van der Waals surface area contributed by atoms with Gasteiger partial charge in [0.15, 0.2) is 0 Å². The highest BCUT2D eigenvalue weighted by atomic mass is 16.5. The first-order chi connectivity index (χ1) is 8.11. The second-order valence-electron chi connectivity index (χ2n) is 3.97. The van der Waals surface area contributed by atoms with E-state index in [0.717, 1.165) is 22.4 Å². The van der Waals surface area contributed by atoms with E-state index in [1.807, 2.05) is 26.0 Å². The summed E-state index contributed by atoms with van der Waals surface area (Å²) in [7, 11) is 1.62. The maximum atomic E-state index is 11.3. The van der Waals surface area contributed by atoms with Gasteiger partial charge < -0.3 is 9.72 Å². The lowest BCUT2D eigenvalue weighted by molar-refractivity contribution is 0.415. The minimum absolute atomic E-state index is 0.218. The van der Waals surface area contributed by atoms with Crippen molar-refractivity contribution in [3.63, 3.8) is 0 Å². The second-order valence-corrected chi connectivity index (χ2v) is 3.97. The Morgan fingerprint density at radius 3 is 2.65 bits per heavy atom. The molecule has 0 radical (unpaired) electrons. The fraction of sp³-hybridized carbons (Fsp3) is 0.231. The number of hydrogen-bond acceptors (Lipinski definition) is 3. The Hall–Kier alpha value is -2.10. The van der Waals surface area contributed by atoms with Crippen LogP contribution in [0.3, 0.4) is 0 Å². The van der Waals surface area contributed by atoms with Crippen LogP contribution in [0.4, 0.5) is 0 Å². The Kier molecular flexibility index (Phi) is 2.95. The summed E-state index contributed by atoms with van der Waals surface area (Å²) in [5.74, 6) is 0.742. The molecule has 0 saturated heterocycles. The zero-order chi connectivity index (χ0) is 12.4. The molecule has 1 heterocycles. The van der Waals surface area contributed by atoms with Crippen molar-refractivity contribution in [1.29, 1.82) is 0 Å². The molecule has 4 nitrogen and oxygen atoms in total. The maximum Gasteiger partial charge on any atom is 0.266 e. The molecule has 0 atom stereocenters. The molecule has 0 saturated carbocycles. The van der Waals surface area contributed by atoms with Crippen molar-refractivity contribution < 1.29 is 4.74 Å². The van der Waals surface area contributed by atoms with E-state index in [1.165, 1.54) is 6.20 Å². The van der Waals surface area contributed by atoms with Crippen LogP contribution in [0.5, 0.6) is 5.75 Å². The van der Waals surface area contributed by atoms with Gasteiger partial charge in [-0.25, -0.2) is 0 Å². The standard InChI is InChI=1S/C13H14N2O2/c1-8-4-9(2)13(11(5-8)17-3)10-6-14-7-12(16)15-10/h4-7H,1-3H3,(H,15,16). The van der Waals surface area contributed by atoms with Crippen LogP contribution in [-0.4, -0.2) is 17.1 Å². The number of hydrogen-bond donors (Lipinski definition) is 1. The normalized spacial score (nSPS) is 10.3. The molecule has 0 bridgehead atoms. The number of rotatable bonds is 2. The third-order valence-corrected chi connectivity index (χ3v) is 2.59. The van der Waals surface area contributed by atoms with Gasteiger partial charge in [0, 0.05) is 5.56 Å². The van der Waals surface area contributed by atoms with Gasteiger partial charge in [0.1, 0.15) is 5.75 Å². The molecule has 2 aromatic rings. The van der Waals surface area contributed by atoms with Crippen molar-refractivity contribution >= 4 is 0 Å². The highest BCUT2D eigenvalue weighted by molar-refractivity contribution is 5.71. The van der Waals surface area contributed by atoms with E-state index in [9.17, 15) is 4.79 Å². The molecule has 2 rings (SSSR count). The summed E-state index contributed by atoms with van der Waals surface area (Å²) >= 11 is 0. The molecule has 1 aromatic carbocycles. The van der Waals surface area contributed by atoms with Crippen molar-refractivity contribution in [3.8, 4) is 17.0 Å². The number of nitrogens with zero attached hydrogens (tertiary/aromatic N) is 1. The molecule has 4 heteroatoms. The highest BCUT2D eigenvalue weighted by Crippen LogP contribution is 2.32. The Labute approximate surface area is 99.3 Å². The van der Waals surface area contributed by atoms with Gasteiger partial charge in [0.05, 0.1) is 25.2 Å². The summed E-state index contributed by atoms with van der Waals surface area (Å²) in [5, 5.41) is 0. The Morgan fingerprint density at radius 2 is 2.00 bits per heavy atom. The highest BCUT2D eigenvalue weighted by Gasteiger charge is 2.11. The molecule has 0 aliphatic heterocycles. The third-order valence-electron chi connectivity index (χ3n) is 2.59. The first-order valence-electron chi connectivity index (χ1n) is 5.31. The summed E-state index contributed by atoms with van der Waals surface area (Å²) in [6, 6.07) is 3.98. The molecule has 1 N–H and O–H groups in total. The minimum atomic E-state index is -0.218. The lowest BCUT2D eigenvalue weighted by Crippen LogP contribution is -2.07. The van der Waals surface area contributed by atoms with Crippen molar-refractivity contribution in [3.05, 3.63) is 46.0 Å². The van der Waals surface area contributed by atoms with Gasteiger partial charge in [0.25, 0.3) is 5.56 Å². The van der Waals surface area contributed by atoms with Crippen LogP contribution in [-0.2, 0) is 0 Å². The number of aromatic amines is 1. The summed E-state index contributed by atoms with van der Waals surface area (Å²) in [5.41, 5.74) is 3.50. The lowest BCUT2D eigenvalue weighted by atomic mass is 10.0. The molecule has 0 amide bonds. The number of aromatic nitrogens is 2. The number of methoxy groups -OCH3 is 1. The van der Waals surface area contributed by atoms with Gasteiger partial charge >= 0.3 is 0 Å². The second kappa shape index (κ2) is 4.41. The van der Waals surface area contributed by atoms with Gasteiger partial charge in [-0.15, -0.1) is 0 Å². The fourth-order valence-electron chi connectivity index (χ4n) is 1.94. The van der Waals surface area contributed by atoms with Crippen LogP contribution in [0.2, 0.25) is 0 Å². The van der Waals surface area contributed by atoms with E-state index >= 15 is 0 Å². The minimum Gasteiger partial charge on any atom is -0.496 e. The van der Waals surface area contributed by atoms with Gasteiger partial charge in [-0.2, -0.15) is 0 Å². The molecule has 0 aliphatic rings. The fourth-order valence-corrected chi connectivity index (χ4v) is 1.94. The molecule has 17 heavy (non-hydrogen) atoms. The van der Waals surface area contributed by atoms with Crippen LogP contribution in [0.25, 0.3) is 11.3 Å². The first-order valence-corrected chi connectivity index (χ1v) is 5.31. The monoisotopic (exact) mass is 230 g/mol. The maximum absolute atomic E-state index is 11.3. The van der Waals surface area contributed by atoms with Gasteiger partial charge in [-0.05, 0) is 31.0 Å². The van der Waals surface area contributed by atoms with Crippen LogP contribution >= 0.6 is 0 Å². The topological polar surface area (TPSA) is 55.0 Å². The van der Waals surface area contributed by atoms with E-state index in [2.05, 4.69) is 9.97 Å². The van der Waals surface area contributed by atoms with Crippen LogP contribution in [0.15, 0.2) is 29.3 Å². The zero-order valence-electron chi connectivity index (χ0n) is 10.1. The lowest BCUT2D eigenvalue weighted by Gasteiger charge is -2.12. The average molecular weight is 230 g/mol. The van der Waals surface area contributed by atoms with E-state index < -0.39 is 0 Å². The molecular weight excluding hydrogens is 216 g/mol. The molecule has 0 aliphatic carbocycles. The number of H-pyrrole nitrogens is 1. The summed E-state index contributed by atoms with van der Waals surface area (Å²) < 4.78 is 5.35. The number of benzene rings is 1. The van der Waals surface area contributed by atoms with Gasteiger partial charge in [-0.1, -0.05) is 6.07 Å². The smallest absolute Gasteiger partial charge is 0.266 e. The van der Waals surface area contributed by atoms with E-state index in [1.54, 1.807) is 13.3 Å². The Balaban J connectivity index is 2.70. The Bertz CT molecular complexity index is 603. The summed E-state index contributed by atoms with van der Waals surface area (Å²) in [6.45, 7) is 3.99. The zero-order valence-corrected chi connectivity index (χ0v) is 10.1.